The molecule has 1 heterocycles. The molecule has 1 fully saturated rings. The fourth-order valence-electron chi connectivity index (χ4n) is 2.66. The molecule has 1 unspecified atom stereocenters. The molecule has 0 radical (unpaired) electrons. The normalized spacial score (nSPS) is 28.5. The number of aliphatic hydroxyl groups is 4. The molecule has 1 saturated heterocycles. The van der Waals surface area contributed by atoms with Gasteiger partial charge in [0.2, 0.25) is 0 Å². The minimum absolute atomic E-state index is 0.0705. The minimum Gasteiger partial charge on any atom is -0.394 e. The van der Waals surface area contributed by atoms with Crippen molar-refractivity contribution in [1.82, 2.24) is 0 Å². The summed E-state index contributed by atoms with van der Waals surface area (Å²) in [4.78, 5) is 0. The summed E-state index contributed by atoms with van der Waals surface area (Å²) in [5.74, 6) is 0. The molecule has 1 aliphatic rings. The van der Waals surface area contributed by atoms with Crippen LogP contribution in [0.3, 0.4) is 0 Å². The highest BCUT2D eigenvalue weighted by Crippen LogP contribution is 2.22. The van der Waals surface area contributed by atoms with Gasteiger partial charge in [0.15, 0.2) is 6.29 Å². The largest absolute Gasteiger partial charge is 0.394 e. The second-order valence-corrected chi connectivity index (χ2v) is 6.08. The lowest BCUT2D eigenvalue weighted by Gasteiger charge is -2.37. The van der Waals surface area contributed by atoms with Crippen LogP contribution < -0.4 is 0 Å². The predicted molar refractivity (Wildman–Crippen MR) is 82.3 cm³/mol. The van der Waals surface area contributed by atoms with Crippen molar-refractivity contribution in [3.05, 3.63) is 0 Å². The predicted octanol–water partition coefficient (Wildman–Crippen LogP) is 0.944. The third-order valence-corrected chi connectivity index (χ3v) is 4.10. The van der Waals surface area contributed by atoms with E-state index in [1.807, 2.05) is 0 Å². The maximum absolute atomic E-state index is 9.87. The summed E-state index contributed by atoms with van der Waals surface area (Å²) in [6.07, 6.45) is 4.03. The van der Waals surface area contributed by atoms with E-state index in [1.165, 1.54) is 32.1 Å². The van der Waals surface area contributed by atoms with Crippen LogP contribution in [0.5, 0.6) is 0 Å². The quantitative estimate of drug-likeness (QED) is 0.423. The van der Waals surface area contributed by atoms with Gasteiger partial charge in [0, 0.05) is 0 Å². The average Bonchev–Trinajstić information content (AvgIpc) is 2.54. The van der Waals surface area contributed by atoms with Gasteiger partial charge in [0.25, 0.3) is 0 Å². The van der Waals surface area contributed by atoms with Crippen molar-refractivity contribution in [3.8, 4) is 0 Å². The van der Waals surface area contributed by atoms with Crippen LogP contribution >= 0.6 is 0 Å². The van der Waals surface area contributed by atoms with Crippen molar-refractivity contribution < 1.29 is 29.9 Å². The van der Waals surface area contributed by atoms with Crippen LogP contribution in [-0.4, -0.2) is 64.3 Å². The zero-order valence-corrected chi connectivity index (χ0v) is 13.6. The number of hydrogen-bond acceptors (Lipinski definition) is 6. The maximum Gasteiger partial charge on any atom is 0.158 e. The highest BCUT2D eigenvalue weighted by Gasteiger charge is 2.38. The highest BCUT2D eigenvalue weighted by atomic mass is 16.7. The Labute approximate surface area is 133 Å². The molecule has 4 N–H and O–H groups in total. The Morgan fingerprint density at radius 2 is 1.68 bits per heavy atom. The Morgan fingerprint density at radius 1 is 1.05 bits per heavy atom. The molecule has 1 aliphatic heterocycles. The number of ether oxygens (including phenoxy) is 2. The van der Waals surface area contributed by atoms with E-state index < -0.39 is 37.3 Å². The molecule has 22 heavy (non-hydrogen) atoms. The Bertz CT molecular complexity index is 275. The highest BCUT2D eigenvalue weighted by molar-refractivity contribution is 4.84. The second kappa shape index (κ2) is 11.3. The van der Waals surface area contributed by atoms with E-state index in [0.717, 1.165) is 12.8 Å². The number of rotatable bonds is 11. The zero-order valence-electron chi connectivity index (χ0n) is 13.6. The lowest BCUT2D eigenvalue weighted by Crippen LogP contribution is -2.54. The van der Waals surface area contributed by atoms with Gasteiger partial charge in [-0.25, -0.2) is 0 Å². The number of hydrogen-bond donors (Lipinski definition) is 4. The van der Waals surface area contributed by atoms with Crippen LogP contribution in [0.15, 0.2) is 0 Å². The SMILES string of the molecule is CCCCCCCCCC1OC[C@@H](O)[C@H]([C@H](O)[C@@H](O)CO)O1. The molecule has 0 aromatic carbocycles. The molecule has 0 spiro atoms. The van der Waals surface area contributed by atoms with Crippen molar-refractivity contribution in [2.45, 2.75) is 89.0 Å². The van der Waals surface area contributed by atoms with Crippen molar-refractivity contribution in [2.75, 3.05) is 13.2 Å². The van der Waals surface area contributed by atoms with Crippen LogP contribution in [0.25, 0.3) is 0 Å². The third kappa shape index (κ3) is 6.89. The van der Waals surface area contributed by atoms with Crippen LogP contribution in [-0.2, 0) is 9.47 Å². The van der Waals surface area contributed by atoms with Crippen molar-refractivity contribution in [1.29, 1.82) is 0 Å². The molecule has 1 rings (SSSR count). The van der Waals surface area contributed by atoms with Gasteiger partial charge in [-0.15, -0.1) is 0 Å². The smallest absolute Gasteiger partial charge is 0.158 e. The zero-order chi connectivity index (χ0) is 16.4. The molecule has 0 amide bonds. The first-order valence-electron chi connectivity index (χ1n) is 8.52. The average molecular weight is 320 g/mol. The topological polar surface area (TPSA) is 99.4 Å². The van der Waals surface area contributed by atoms with Crippen LogP contribution in [0.4, 0.5) is 0 Å². The Kier molecular flexibility index (Phi) is 10.2. The van der Waals surface area contributed by atoms with Gasteiger partial charge in [0.05, 0.1) is 13.2 Å². The van der Waals surface area contributed by atoms with Gasteiger partial charge >= 0.3 is 0 Å². The van der Waals surface area contributed by atoms with Gasteiger partial charge in [0.1, 0.15) is 24.4 Å². The molecule has 5 atom stereocenters. The number of unbranched alkanes of at least 4 members (excludes halogenated alkanes) is 6. The summed E-state index contributed by atoms with van der Waals surface area (Å²) in [5.41, 5.74) is 0. The summed E-state index contributed by atoms with van der Waals surface area (Å²) in [7, 11) is 0. The molecule has 0 aromatic rings. The van der Waals surface area contributed by atoms with E-state index in [1.54, 1.807) is 0 Å². The molecule has 6 nitrogen and oxygen atoms in total. The summed E-state index contributed by atoms with van der Waals surface area (Å²) >= 11 is 0. The Balaban J connectivity index is 2.22. The van der Waals surface area contributed by atoms with E-state index in [0.29, 0.717) is 6.42 Å². The second-order valence-electron chi connectivity index (χ2n) is 6.08. The lowest BCUT2D eigenvalue weighted by molar-refractivity contribution is -0.281. The van der Waals surface area contributed by atoms with E-state index in [2.05, 4.69) is 6.92 Å². The van der Waals surface area contributed by atoms with Crippen molar-refractivity contribution in [3.63, 3.8) is 0 Å². The van der Waals surface area contributed by atoms with Crippen molar-refractivity contribution in [2.24, 2.45) is 0 Å². The van der Waals surface area contributed by atoms with Gasteiger partial charge in [-0.05, 0) is 12.8 Å². The van der Waals surface area contributed by atoms with Crippen molar-refractivity contribution >= 4 is 0 Å². The molecule has 0 aliphatic carbocycles. The van der Waals surface area contributed by atoms with E-state index in [9.17, 15) is 15.3 Å². The summed E-state index contributed by atoms with van der Waals surface area (Å²) in [5, 5.41) is 38.0. The Hall–Kier alpha value is -0.240. The minimum atomic E-state index is -1.32. The van der Waals surface area contributed by atoms with E-state index >= 15 is 0 Å². The van der Waals surface area contributed by atoms with Crippen LogP contribution in [0.1, 0.15) is 58.3 Å². The molecule has 0 saturated carbocycles. The first-order chi connectivity index (χ1) is 10.6. The Morgan fingerprint density at radius 3 is 2.32 bits per heavy atom. The summed E-state index contributed by atoms with van der Waals surface area (Å²) in [6.45, 7) is 1.70. The molecule has 0 bridgehead atoms. The molecule has 0 aromatic heterocycles. The van der Waals surface area contributed by atoms with Crippen LogP contribution in [0, 0.1) is 0 Å². The van der Waals surface area contributed by atoms with Crippen LogP contribution in [0.2, 0.25) is 0 Å². The first kappa shape index (κ1) is 19.8. The lowest BCUT2D eigenvalue weighted by atomic mass is 10.0. The molecule has 6 heteroatoms. The van der Waals surface area contributed by atoms with Gasteiger partial charge in [-0.3, -0.25) is 0 Å². The fourth-order valence-corrected chi connectivity index (χ4v) is 2.66. The van der Waals surface area contributed by atoms with Gasteiger partial charge in [-0.2, -0.15) is 0 Å². The number of aliphatic hydroxyl groups excluding tert-OH is 4. The summed E-state index contributed by atoms with van der Waals surface area (Å²) < 4.78 is 10.9. The maximum atomic E-state index is 9.87. The molecular formula is C16H32O6. The van der Waals surface area contributed by atoms with Gasteiger partial charge < -0.3 is 29.9 Å². The third-order valence-electron chi connectivity index (χ3n) is 4.10. The molecule has 132 valence electrons. The van der Waals surface area contributed by atoms with Gasteiger partial charge in [-0.1, -0.05) is 45.4 Å². The van der Waals surface area contributed by atoms with E-state index in [-0.39, 0.29) is 6.61 Å². The summed E-state index contributed by atoms with van der Waals surface area (Å²) in [6, 6.07) is 0. The first-order valence-corrected chi connectivity index (χ1v) is 8.52. The van der Waals surface area contributed by atoms with E-state index in [4.69, 9.17) is 14.6 Å². The fraction of sp³-hybridized carbons (Fsp3) is 1.00. The molecular weight excluding hydrogens is 288 g/mol. The standard InChI is InChI=1S/C16H32O6/c1-2-3-4-5-6-7-8-9-14-21-11-13(19)16(22-14)15(20)12(18)10-17/h12-20H,2-11H2,1H3/t12-,13+,14?,15+,16+/m0/s1. The monoisotopic (exact) mass is 320 g/mol.